The van der Waals surface area contributed by atoms with Crippen LogP contribution in [0.3, 0.4) is 0 Å². The van der Waals surface area contributed by atoms with Gasteiger partial charge in [-0.2, -0.15) is 0 Å². The maximum Gasteiger partial charge on any atom is 0.251 e. The van der Waals surface area contributed by atoms with Gasteiger partial charge in [0, 0.05) is 31.2 Å². The van der Waals surface area contributed by atoms with Crippen molar-refractivity contribution in [3.8, 4) is 0 Å². The molecule has 120 valence electrons. The van der Waals surface area contributed by atoms with Crippen molar-refractivity contribution in [1.82, 2.24) is 16.0 Å². The smallest absolute Gasteiger partial charge is 0.251 e. The first-order valence-electron chi connectivity index (χ1n) is 7.32. The monoisotopic (exact) mass is 302 g/mol. The van der Waals surface area contributed by atoms with Crippen LogP contribution in [0.25, 0.3) is 0 Å². The van der Waals surface area contributed by atoms with Crippen molar-refractivity contribution >= 4 is 11.9 Å². The van der Waals surface area contributed by atoms with Gasteiger partial charge in [0.1, 0.15) is 0 Å². The maximum absolute atomic E-state index is 12.2. The molecule has 5 heteroatoms. The molecule has 0 aliphatic rings. The molecule has 1 aromatic rings. The highest BCUT2D eigenvalue weighted by atomic mass is 16.1. The lowest BCUT2D eigenvalue weighted by Gasteiger charge is -2.20. The number of nitrogens with zero attached hydrogens (tertiary/aromatic N) is 1. The number of hydrogen-bond donors (Lipinski definition) is 3. The normalized spacial score (nSPS) is 11.7. The number of nitrogens with one attached hydrogen (secondary N) is 3. The fourth-order valence-electron chi connectivity index (χ4n) is 1.81. The zero-order chi connectivity index (χ0) is 16.6. The van der Waals surface area contributed by atoms with Crippen LogP contribution in [0.1, 0.15) is 36.7 Å². The van der Waals surface area contributed by atoms with Crippen molar-refractivity contribution in [3.63, 3.8) is 0 Å². The first kappa shape index (κ1) is 17.8. The molecule has 0 bridgehead atoms. The molecule has 0 saturated carbocycles. The topological polar surface area (TPSA) is 65.5 Å². The van der Waals surface area contributed by atoms with E-state index in [0.717, 1.165) is 5.56 Å². The van der Waals surface area contributed by atoms with Gasteiger partial charge in [0.2, 0.25) is 0 Å². The second-order valence-electron chi connectivity index (χ2n) is 6.00. The SMILES string of the molecule is C=CCNC(=NC)NCc1cccc(C(=O)NC(C)(C)C)c1. The van der Waals surface area contributed by atoms with E-state index in [0.29, 0.717) is 24.6 Å². The molecule has 5 nitrogen and oxygen atoms in total. The molecule has 0 saturated heterocycles. The van der Waals surface area contributed by atoms with Crippen molar-refractivity contribution in [2.75, 3.05) is 13.6 Å². The van der Waals surface area contributed by atoms with E-state index in [1.165, 1.54) is 0 Å². The Morgan fingerprint density at radius 3 is 2.64 bits per heavy atom. The van der Waals surface area contributed by atoms with Crippen LogP contribution in [0, 0.1) is 0 Å². The van der Waals surface area contributed by atoms with E-state index >= 15 is 0 Å². The second kappa shape index (κ2) is 8.22. The Hall–Kier alpha value is -2.30. The number of carbonyl (C=O) groups is 1. The molecule has 0 atom stereocenters. The summed E-state index contributed by atoms with van der Waals surface area (Å²) < 4.78 is 0. The number of carbonyl (C=O) groups excluding carboxylic acids is 1. The van der Waals surface area contributed by atoms with Gasteiger partial charge in [0.15, 0.2) is 5.96 Å². The molecule has 22 heavy (non-hydrogen) atoms. The lowest BCUT2D eigenvalue weighted by molar-refractivity contribution is 0.0919. The van der Waals surface area contributed by atoms with Crippen LogP contribution < -0.4 is 16.0 Å². The standard InChI is InChI=1S/C17H26N4O/c1-6-10-19-16(18-5)20-12-13-8-7-9-14(11-13)15(22)21-17(2,3)4/h6-9,11H,1,10,12H2,2-5H3,(H,21,22)(H2,18,19,20). The summed E-state index contributed by atoms with van der Waals surface area (Å²) in [4.78, 5) is 16.3. The summed E-state index contributed by atoms with van der Waals surface area (Å²) in [6, 6.07) is 7.56. The number of hydrogen-bond acceptors (Lipinski definition) is 2. The van der Waals surface area contributed by atoms with E-state index < -0.39 is 0 Å². The molecule has 0 unspecified atom stereocenters. The van der Waals surface area contributed by atoms with Crippen molar-refractivity contribution in [3.05, 3.63) is 48.0 Å². The van der Waals surface area contributed by atoms with Gasteiger partial charge in [-0.25, -0.2) is 0 Å². The Labute approximate surface area is 132 Å². The fraction of sp³-hybridized carbons (Fsp3) is 0.412. The summed E-state index contributed by atoms with van der Waals surface area (Å²) in [7, 11) is 1.71. The second-order valence-corrected chi connectivity index (χ2v) is 6.00. The summed E-state index contributed by atoms with van der Waals surface area (Å²) in [5, 5.41) is 9.25. The predicted octanol–water partition coefficient (Wildman–Crippen LogP) is 2.07. The molecule has 0 aliphatic carbocycles. The highest BCUT2D eigenvalue weighted by Crippen LogP contribution is 2.08. The number of benzene rings is 1. The van der Waals surface area contributed by atoms with E-state index in [4.69, 9.17) is 0 Å². The minimum absolute atomic E-state index is 0.0662. The number of aliphatic imine (C=N–C) groups is 1. The molecule has 0 spiro atoms. The third kappa shape index (κ3) is 6.43. The van der Waals surface area contributed by atoms with Gasteiger partial charge in [-0.15, -0.1) is 6.58 Å². The Kier molecular flexibility index (Phi) is 6.63. The Morgan fingerprint density at radius 1 is 1.32 bits per heavy atom. The van der Waals surface area contributed by atoms with Crippen LogP contribution >= 0.6 is 0 Å². The Bertz CT molecular complexity index is 544. The van der Waals surface area contributed by atoms with Gasteiger partial charge in [-0.05, 0) is 38.5 Å². The molecule has 1 amide bonds. The number of guanidine groups is 1. The third-order valence-corrected chi connectivity index (χ3v) is 2.78. The number of rotatable bonds is 5. The fourth-order valence-corrected chi connectivity index (χ4v) is 1.81. The first-order valence-corrected chi connectivity index (χ1v) is 7.32. The molecular weight excluding hydrogens is 276 g/mol. The zero-order valence-corrected chi connectivity index (χ0v) is 13.9. The summed E-state index contributed by atoms with van der Waals surface area (Å²) in [6.07, 6.45) is 1.77. The molecular formula is C17H26N4O. The van der Waals surface area contributed by atoms with Gasteiger partial charge >= 0.3 is 0 Å². The van der Waals surface area contributed by atoms with Crippen molar-refractivity contribution < 1.29 is 4.79 Å². The van der Waals surface area contributed by atoms with Gasteiger partial charge < -0.3 is 16.0 Å². The molecule has 1 aromatic carbocycles. The van der Waals surface area contributed by atoms with Crippen LogP contribution in [0.4, 0.5) is 0 Å². The van der Waals surface area contributed by atoms with Crippen LogP contribution in [-0.4, -0.2) is 31.0 Å². The lowest BCUT2D eigenvalue weighted by Crippen LogP contribution is -2.40. The first-order chi connectivity index (χ1) is 10.4. The predicted molar refractivity (Wildman–Crippen MR) is 92.1 cm³/mol. The number of amides is 1. The summed E-state index contributed by atoms with van der Waals surface area (Å²) in [5.74, 6) is 0.632. The van der Waals surface area contributed by atoms with Crippen molar-refractivity contribution in [2.45, 2.75) is 32.9 Å². The molecule has 1 rings (SSSR count). The third-order valence-electron chi connectivity index (χ3n) is 2.78. The zero-order valence-electron chi connectivity index (χ0n) is 13.9. The van der Waals surface area contributed by atoms with Crippen molar-refractivity contribution in [2.24, 2.45) is 4.99 Å². The molecule has 3 N–H and O–H groups in total. The van der Waals surface area contributed by atoms with E-state index in [1.54, 1.807) is 13.1 Å². The highest BCUT2D eigenvalue weighted by Gasteiger charge is 2.15. The average Bonchev–Trinajstić information content (AvgIpc) is 2.46. The van der Waals surface area contributed by atoms with Gasteiger partial charge in [0.25, 0.3) is 5.91 Å². The van der Waals surface area contributed by atoms with Gasteiger partial charge in [-0.3, -0.25) is 9.79 Å². The van der Waals surface area contributed by atoms with Gasteiger partial charge in [-0.1, -0.05) is 18.2 Å². The van der Waals surface area contributed by atoms with Crippen LogP contribution in [0.2, 0.25) is 0 Å². The minimum atomic E-state index is -0.248. The summed E-state index contributed by atoms with van der Waals surface area (Å²) in [5.41, 5.74) is 1.42. The van der Waals surface area contributed by atoms with Crippen molar-refractivity contribution in [1.29, 1.82) is 0 Å². The lowest BCUT2D eigenvalue weighted by atomic mass is 10.1. The van der Waals surface area contributed by atoms with Crippen LogP contribution in [0.5, 0.6) is 0 Å². The summed E-state index contributed by atoms with van der Waals surface area (Å²) >= 11 is 0. The average molecular weight is 302 g/mol. The van der Waals surface area contributed by atoms with Crippen LogP contribution in [-0.2, 0) is 6.54 Å². The van der Waals surface area contributed by atoms with E-state index in [-0.39, 0.29) is 11.4 Å². The van der Waals surface area contributed by atoms with Gasteiger partial charge in [0.05, 0.1) is 0 Å². The largest absolute Gasteiger partial charge is 0.353 e. The Morgan fingerprint density at radius 2 is 2.05 bits per heavy atom. The molecule has 0 radical (unpaired) electrons. The highest BCUT2D eigenvalue weighted by molar-refractivity contribution is 5.94. The molecule has 0 aliphatic heterocycles. The molecule has 0 fully saturated rings. The van der Waals surface area contributed by atoms with E-state index in [2.05, 4.69) is 27.5 Å². The quantitative estimate of drug-likeness (QED) is 0.443. The maximum atomic E-state index is 12.2. The van der Waals surface area contributed by atoms with E-state index in [9.17, 15) is 4.79 Å². The minimum Gasteiger partial charge on any atom is -0.353 e. The summed E-state index contributed by atoms with van der Waals surface area (Å²) in [6.45, 7) is 10.8. The Balaban J connectivity index is 2.68. The van der Waals surface area contributed by atoms with Crippen LogP contribution in [0.15, 0.2) is 41.9 Å². The molecule has 0 aromatic heterocycles. The molecule has 0 heterocycles. The van der Waals surface area contributed by atoms with E-state index in [1.807, 2.05) is 45.0 Å².